The van der Waals surface area contributed by atoms with Crippen molar-refractivity contribution in [1.82, 2.24) is 14.9 Å². The zero-order chi connectivity index (χ0) is 21.1. The van der Waals surface area contributed by atoms with E-state index in [0.29, 0.717) is 5.91 Å². The molecule has 2 fully saturated rings. The minimum atomic E-state index is 0.261. The molecule has 2 heterocycles. The third-order valence-electron chi connectivity index (χ3n) is 6.62. The van der Waals surface area contributed by atoms with Gasteiger partial charge >= 0.3 is 0 Å². The molecule has 1 aliphatic carbocycles. The van der Waals surface area contributed by atoms with Crippen LogP contribution in [0.3, 0.4) is 0 Å². The van der Waals surface area contributed by atoms with Crippen molar-refractivity contribution in [2.45, 2.75) is 59.3 Å². The average molecular weight is 407 g/mol. The fraction of sp³-hybridized carbons (Fsp3) is 0.560. The van der Waals surface area contributed by atoms with E-state index in [1.165, 1.54) is 29.5 Å². The maximum absolute atomic E-state index is 12.9. The van der Waals surface area contributed by atoms with Gasteiger partial charge in [-0.1, -0.05) is 42.7 Å². The minimum absolute atomic E-state index is 0.261. The van der Waals surface area contributed by atoms with Crippen LogP contribution in [0.15, 0.2) is 24.3 Å². The van der Waals surface area contributed by atoms with Gasteiger partial charge < -0.3 is 9.80 Å². The van der Waals surface area contributed by atoms with Gasteiger partial charge in [0.05, 0.1) is 0 Å². The highest BCUT2D eigenvalue weighted by Gasteiger charge is 2.29. The number of carbonyl (C=O) groups excluding carboxylic acids is 1. The summed E-state index contributed by atoms with van der Waals surface area (Å²) in [6.07, 6.45) is 6.39. The van der Waals surface area contributed by atoms with Crippen LogP contribution in [0.1, 0.15) is 60.3 Å². The second kappa shape index (κ2) is 9.15. The predicted molar refractivity (Wildman–Crippen MR) is 121 cm³/mol. The van der Waals surface area contributed by atoms with Gasteiger partial charge in [0.2, 0.25) is 5.91 Å². The van der Waals surface area contributed by atoms with Crippen molar-refractivity contribution >= 4 is 11.7 Å². The van der Waals surface area contributed by atoms with Gasteiger partial charge in [-0.3, -0.25) is 4.79 Å². The molecule has 0 N–H and O–H groups in total. The summed E-state index contributed by atoms with van der Waals surface area (Å²) in [5, 5.41) is 0. The molecule has 0 atom stereocenters. The highest BCUT2D eigenvalue weighted by atomic mass is 16.2. The summed E-state index contributed by atoms with van der Waals surface area (Å²) in [7, 11) is 0. The number of nitrogens with zero attached hydrogens (tertiary/aromatic N) is 4. The maximum atomic E-state index is 12.9. The summed E-state index contributed by atoms with van der Waals surface area (Å²) in [6, 6.07) is 8.72. The van der Waals surface area contributed by atoms with E-state index in [1.54, 1.807) is 0 Å². The topological polar surface area (TPSA) is 49.3 Å². The fourth-order valence-electron chi connectivity index (χ4n) is 4.88. The normalized spacial score (nSPS) is 18.0. The lowest BCUT2D eigenvalue weighted by Gasteiger charge is -2.26. The van der Waals surface area contributed by atoms with E-state index in [2.05, 4.69) is 52.9 Å². The Morgan fingerprint density at radius 2 is 1.67 bits per heavy atom. The summed E-state index contributed by atoms with van der Waals surface area (Å²) < 4.78 is 0. The Bertz CT molecular complexity index is 887. The number of benzene rings is 1. The van der Waals surface area contributed by atoms with Gasteiger partial charge in [-0.15, -0.1) is 0 Å². The first-order valence-electron chi connectivity index (χ1n) is 11.4. The molecule has 0 radical (unpaired) electrons. The summed E-state index contributed by atoms with van der Waals surface area (Å²) in [4.78, 5) is 26.9. The summed E-state index contributed by atoms with van der Waals surface area (Å²) in [5.74, 6) is 2.51. The van der Waals surface area contributed by atoms with E-state index in [4.69, 9.17) is 4.98 Å². The molecule has 1 aromatic carbocycles. The molecule has 0 unspecified atom stereocenters. The van der Waals surface area contributed by atoms with Gasteiger partial charge in [-0.25, -0.2) is 9.97 Å². The standard InChI is InChI=1S/C25H34N4O/c1-18-9-11-21(12-10-18)17-23-19(2)26-20(3)27-24(23)28-13-6-14-29(16-15-28)25(30)22-7-4-5-8-22/h9-12,22H,4-8,13-17H2,1-3H3. The van der Waals surface area contributed by atoms with Crippen LogP contribution in [0.5, 0.6) is 0 Å². The van der Waals surface area contributed by atoms with Crippen molar-refractivity contribution in [3.8, 4) is 0 Å². The summed E-state index contributed by atoms with van der Waals surface area (Å²) in [5.41, 5.74) is 4.82. The van der Waals surface area contributed by atoms with Crippen LogP contribution in [0, 0.1) is 26.7 Å². The van der Waals surface area contributed by atoms with Gasteiger partial charge in [0, 0.05) is 49.8 Å². The van der Waals surface area contributed by atoms with Crippen molar-refractivity contribution in [2.24, 2.45) is 5.92 Å². The van der Waals surface area contributed by atoms with Crippen LogP contribution < -0.4 is 4.90 Å². The van der Waals surface area contributed by atoms with Gasteiger partial charge in [-0.05, 0) is 45.6 Å². The zero-order valence-corrected chi connectivity index (χ0v) is 18.7. The van der Waals surface area contributed by atoms with Crippen molar-refractivity contribution in [2.75, 3.05) is 31.1 Å². The Labute approximate surface area is 180 Å². The second-order valence-corrected chi connectivity index (χ2v) is 8.97. The van der Waals surface area contributed by atoms with Crippen LogP contribution in [0.25, 0.3) is 0 Å². The van der Waals surface area contributed by atoms with E-state index >= 15 is 0 Å². The van der Waals surface area contributed by atoms with E-state index in [1.807, 2.05) is 6.92 Å². The first-order valence-corrected chi connectivity index (χ1v) is 11.4. The van der Waals surface area contributed by atoms with Crippen LogP contribution in [-0.2, 0) is 11.2 Å². The largest absolute Gasteiger partial charge is 0.354 e. The molecule has 1 saturated heterocycles. The number of amides is 1. The van der Waals surface area contributed by atoms with Gasteiger partial charge in [-0.2, -0.15) is 0 Å². The molecule has 0 bridgehead atoms. The molecule has 2 aliphatic rings. The number of hydrogen-bond donors (Lipinski definition) is 0. The van der Waals surface area contributed by atoms with Gasteiger partial charge in [0.1, 0.15) is 11.6 Å². The van der Waals surface area contributed by atoms with Crippen LogP contribution in [0.4, 0.5) is 5.82 Å². The fourth-order valence-corrected chi connectivity index (χ4v) is 4.88. The van der Waals surface area contributed by atoms with E-state index in [0.717, 1.165) is 69.2 Å². The van der Waals surface area contributed by atoms with Crippen LogP contribution >= 0.6 is 0 Å². The molecule has 5 heteroatoms. The molecule has 5 nitrogen and oxygen atoms in total. The molecule has 2 aromatic rings. The Morgan fingerprint density at radius 3 is 2.40 bits per heavy atom. The van der Waals surface area contributed by atoms with Crippen LogP contribution in [-0.4, -0.2) is 47.0 Å². The summed E-state index contributed by atoms with van der Waals surface area (Å²) >= 11 is 0. The molecule has 1 aromatic heterocycles. The first kappa shape index (κ1) is 20.8. The van der Waals surface area contributed by atoms with E-state index < -0.39 is 0 Å². The van der Waals surface area contributed by atoms with E-state index in [9.17, 15) is 4.79 Å². The molecular formula is C25H34N4O. The highest BCUT2D eigenvalue weighted by Crippen LogP contribution is 2.28. The van der Waals surface area contributed by atoms with Crippen molar-refractivity contribution in [3.05, 3.63) is 52.5 Å². The Morgan fingerprint density at radius 1 is 0.933 bits per heavy atom. The zero-order valence-electron chi connectivity index (χ0n) is 18.7. The first-order chi connectivity index (χ1) is 14.5. The lowest BCUT2D eigenvalue weighted by molar-refractivity contribution is -0.135. The lowest BCUT2D eigenvalue weighted by atomic mass is 10.0. The number of carbonyl (C=O) groups is 1. The Hall–Kier alpha value is -2.43. The molecular weight excluding hydrogens is 372 g/mol. The smallest absolute Gasteiger partial charge is 0.225 e. The predicted octanol–water partition coefficient (Wildman–Crippen LogP) is 4.22. The Balaban J connectivity index is 1.54. The number of anilines is 1. The van der Waals surface area contributed by atoms with Crippen LogP contribution in [0.2, 0.25) is 0 Å². The second-order valence-electron chi connectivity index (χ2n) is 8.97. The van der Waals surface area contributed by atoms with Gasteiger partial charge in [0.25, 0.3) is 0 Å². The molecule has 1 amide bonds. The minimum Gasteiger partial charge on any atom is -0.354 e. The van der Waals surface area contributed by atoms with Crippen molar-refractivity contribution < 1.29 is 4.79 Å². The average Bonchev–Trinajstić information content (AvgIpc) is 3.15. The number of aryl methyl sites for hydroxylation is 3. The Kier molecular flexibility index (Phi) is 6.35. The van der Waals surface area contributed by atoms with Gasteiger partial charge in [0.15, 0.2) is 0 Å². The molecule has 1 aliphatic heterocycles. The lowest BCUT2D eigenvalue weighted by Crippen LogP contribution is -2.38. The molecule has 160 valence electrons. The molecule has 30 heavy (non-hydrogen) atoms. The third kappa shape index (κ3) is 4.66. The van der Waals surface area contributed by atoms with Crippen molar-refractivity contribution in [3.63, 3.8) is 0 Å². The quantitative estimate of drug-likeness (QED) is 0.763. The number of aromatic nitrogens is 2. The maximum Gasteiger partial charge on any atom is 0.225 e. The SMILES string of the molecule is Cc1ccc(Cc2c(C)nc(C)nc2N2CCCN(C(=O)C3CCCC3)CC2)cc1. The molecule has 0 spiro atoms. The monoisotopic (exact) mass is 406 g/mol. The number of hydrogen-bond acceptors (Lipinski definition) is 4. The molecule has 1 saturated carbocycles. The van der Waals surface area contributed by atoms with Crippen molar-refractivity contribution in [1.29, 1.82) is 0 Å². The highest BCUT2D eigenvalue weighted by molar-refractivity contribution is 5.79. The van der Waals surface area contributed by atoms with E-state index in [-0.39, 0.29) is 5.92 Å². The number of rotatable bonds is 4. The third-order valence-corrected chi connectivity index (χ3v) is 6.62. The summed E-state index contributed by atoms with van der Waals surface area (Å²) in [6.45, 7) is 9.62. The molecule has 4 rings (SSSR count).